The van der Waals surface area contributed by atoms with E-state index in [4.69, 9.17) is 9.47 Å². The van der Waals surface area contributed by atoms with Crippen LogP contribution < -0.4 is 14.8 Å². The quantitative estimate of drug-likeness (QED) is 0.842. The molecule has 1 aromatic carbocycles. The molecule has 0 heterocycles. The van der Waals surface area contributed by atoms with Crippen molar-refractivity contribution < 1.29 is 14.3 Å². The molecule has 100 valence electrons. The van der Waals surface area contributed by atoms with Crippen molar-refractivity contribution in [3.63, 3.8) is 0 Å². The lowest BCUT2D eigenvalue weighted by molar-refractivity contribution is -0.123. The van der Waals surface area contributed by atoms with Crippen LogP contribution in [0.3, 0.4) is 0 Å². The van der Waals surface area contributed by atoms with E-state index in [2.05, 4.69) is 12.2 Å². The Morgan fingerprint density at radius 2 is 2.06 bits per heavy atom. The van der Waals surface area contributed by atoms with Gasteiger partial charge in [-0.05, 0) is 38.0 Å². The van der Waals surface area contributed by atoms with E-state index in [1.807, 2.05) is 32.0 Å². The molecule has 0 saturated heterocycles. The summed E-state index contributed by atoms with van der Waals surface area (Å²) < 4.78 is 10.7. The monoisotopic (exact) mass is 251 g/mol. The maximum atomic E-state index is 11.5. The van der Waals surface area contributed by atoms with Crippen molar-refractivity contribution in [2.45, 2.75) is 33.2 Å². The highest BCUT2D eigenvalue weighted by Crippen LogP contribution is 2.28. The van der Waals surface area contributed by atoms with E-state index in [1.165, 1.54) is 5.56 Å². The van der Waals surface area contributed by atoms with Gasteiger partial charge in [-0.2, -0.15) is 0 Å². The van der Waals surface area contributed by atoms with Gasteiger partial charge in [-0.25, -0.2) is 0 Å². The van der Waals surface area contributed by atoms with Gasteiger partial charge in [-0.1, -0.05) is 13.0 Å². The fraction of sp³-hybridized carbons (Fsp3) is 0.500. The fourth-order valence-corrected chi connectivity index (χ4v) is 1.56. The third-order valence-corrected chi connectivity index (χ3v) is 2.44. The second-order valence-corrected chi connectivity index (χ2v) is 4.35. The molecule has 0 unspecified atom stereocenters. The van der Waals surface area contributed by atoms with E-state index in [0.717, 1.165) is 6.42 Å². The van der Waals surface area contributed by atoms with Crippen molar-refractivity contribution in [1.82, 2.24) is 5.32 Å². The van der Waals surface area contributed by atoms with Crippen molar-refractivity contribution in [3.05, 3.63) is 23.8 Å². The number of aryl methyl sites for hydroxylation is 1. The highest BCUT2D eigenvalue weighted by Gasteiger charge is 2.08. The van der Waals surface area contributed by atoms with Crippen LogP contribution in [0, 0.1) is 0 Å². The Kier molecular flexibility index (Phi) is 5.49. The van der Waals surface area contributed by atoms with Crippen LogP contribution in [0.1, 0.15) is 26.3 Å². The number of nitrogens with one attached hydrogen (secondary N) is 1. The molecule has 0 aliphatic carbocycles. The summed E-state index contributed by atoms with van der Waals surface area (Å²) in [4.78, 5) is 11.5. The van der Waals surface area contributed by atoms with E-state index in [0.29, 0.717) is 11.5 Å². The summed E-state index contributed by atoms with van der Waals surface area (Å²) in [6.45, 7) is 5.90. The van der Waals surface area contributed by atoms with Gasteiger partial charge in [0.15, 0.2) is 18.1 Å². The van der Waals surface area contributed by atoms with E-state index in [9.17, 15) is 4.79 Å². The SMILES string of the molecule is CCc1ccc(OCC(=O)NC(C)C)c(OC)c1. The number of amides is 1. The van der Waals surface area contributed by atoms with Gasteiger partial charge in [0, 0.05) is 6.04 Å². The smallest absolute Gasteiger partial charge is 0.258 e. The van der Waals surface area contributed by atoms with Gasteiger partial charge in [0.05, 0.1) is 7.11 Å². The van der Waals surface area contributed by atoms with Crippen LogP contribution in [0.2, 0.25) is 0 Å². The summed E-state index contributed by atoms with van der Waals surface area (Å²) in [6.07, 6.45) is 0.935. The standard InChI is InChI=1S/C14H21NO3/c1-5-11-6-7-12(13(8-11)17-4)18-9-14(16)15-10(2)3/h6-8,10H,5,9H2,1-4H3,(H,15,16). The molecule has 0 bridgehead atoms. The van der Waals surface area contributed by atoms with Crippen molar-refractivity contribution in [1.29, 1.82) is 0 Å². The van der Waals surface area contributed by atoms with E-state index in [1.54, 1.807) is 7.11 Å². The molecular formula is C14H21NO3. The first-order chi connectivity index (χ1) is 8.56. The highest BCUT2D eigenvalue weighted by atomic mass is 16.5. The molecule has 0 spiro atoms. The summed E-state index contributed by atoms with van der Waals surface area (Å²) >= 11 is 0. The summed E-state index contributed by atoms with van der Waals surface area (Å²) in [5.41, 5.74) is 1.17. The number of carbonyl (C=O) groups is 1. The number of hydrogen-bond donors (Lipinski definition) is 1. The Morgan fingerprint density at radius 1 is 1.33 bits per heavy atom. The highest BCUT2D eigenvalue weighted by molar-refractivity contribution is 5.77. The van der Waals surface area contributed by atoms with Crippen molar-refractivity contribution >= 4 is 5.91 Å². The molecule has 4 heteroatoms. The summed E-state index contributed by atoms with van der Waals surface area (Å²) in [5, 5.41) is 2.77. The largest absolute Gasteiger partial charge is 0.493 e. The second kappa shape index (κ2) is 6.89. The van der Waals surface area contributed by atoms with E-state index < -0.39 is 0 Å². The number of benzene rings is 1. The number of ether oxygens (including phenoxy) is 2. The molecular weight excluding hydrogens is 230 g/mol. The van der Waals surface area contributed by atoms with Crippen LogP contribution in [0.5, 0.6) is 11.5 Å². The summed E-state index contributed by atoms with van der Waals surface area (Å²) in [7, 11) is 1.59. The second-order valence-electron chi connectivity index (χ2n) is 4.35. The molecule has 0 atom stereocenters. The lowest BCUT2D eigenvalue weighted by Gasteiger charge is -2.13. The minimum Gasteiger partial charge on any atom is -0.493 e. The van der Waals surface area contributed by atoms with E-state index in [-0.39, 0.29) is 18.6 Å². The number of hydrogen-bond acceptors (Lipinski definition) is 3. The molecule has 1 N–H and O–H groups in total. The van der Waals surface area contributed by atoms with Crippen LogP contribution in [-0.4, -0.2) is 25.7 Å². The maximum absolute atomic E-state index is 11.5. The zero-order valence-electron chi connectivity index (χ0n) is 11.4. The van der Waals surface area contributed by atoms with Crippen LogP contribution >= 0.6 is 0 Å². The molecule has 18 heavy (non-hydrogen) atoms. The fourth-order valence-electron chi connectivity index (χ4n) is 1.56. The zero-order chi connectivity index (χ0) is 13.5. The maximum Gasteiger partial charge on any atom is 0.258 e. The number of methoxy groups -OCH3 is 1. The molecule has 0 aliphatic rings. The van der Waals surface area contributed by atoms with Crippen molar-refractivity contribution in [3.8, 4) is 11.5 Å². The first kappa shape index (κ1) is 14.4. The van der Waals surface area contributed by atoms with Crippen molar-refractivity contribution in [2.24, 2.45) is 0 Å². The Labute approximate surface area is 108 Å². The predicted octanol–water partition coefficient (Wildman–Crippen LogP) is 2.16. The molecule has 1 aromatic rings. The average Bonchev–Trinajstić information content (AvgIpc) is 2.35. The molecule has 4 nitrogen and oxygen atoms in total. The van der Waals surface area contributed by atoms with Crippen LogP contribution in [-0.2, 0) is 11.2 Å². The van der Waals surface area contributed by atoms with Gasteiger partial charge >= 0.3 is 0 Å². The van der Waals surface area contributed by atoms with E-state index >= 15 is 0 Å². The summed E-state index contributed by atoms with van der Waals surface area (Å²) in [5.74, 6) is 1.12. The summed E-state index contributed by atoms with van der Waals surface area (Å²) in [6, 6.07) is 5.85. The van der Waals surface area contributed by atoms with Gasteiger partial charge < -0.3 is 14.8 Å². The number of rotatable bonds is 6. The van der Waals surface area contributed by atoms with Gasteiger partial charge in [-0.3, -0.25) is 4.79 Å². The molecule has 0 aliphatic heterocycles. The Balaban J connectivity index is 2.64. The normalized spacial score (nSPS) is 10.3. The Bertz CT molecular complexity index is 402. The number of carbonyl (C=O) groups excluding carboxylic acids is 1. The molecule has 0 aromatic heterocycles. The van der Waals surface area contributed by atoms with Crippen LogP contribution in [0.4, 0.5) is 0 Å². The molecule has 0 fully saturated rings. The van der Waals surface area contributed by atoms with Crippen LogP contribution in [0.15, 0.2) is 18.2 Å². The first-order valence-electron chi connectivity index (χ1n) is 6.15. The van der Waals surface area contributed by atoms with Crippen LogP contribution in [0.25, 0.3) is 0 Å². The molecule has 1 amide bonds. The minimum atomic E-state index is -0.133. The third-order valence-electron chi connectivity index (χ3n) is 2.44. The van der Waals surface area contributed by atoms with Gasteiger partial charge in [-0.15, -0.1) is 0 Å². The third kappa shape index (κ3) is 4.28. The zero-order valence-corrected chi connectivity index (χ0v) is 11.4. The average molecular weight is 251 g/mol. The molecule has 0 radical (unpaired) electrons. The van der Waals surface area contributed by atoms with Crippen molar-refractivity contribution in [2.75, 3.05) is 13.7 Å². The molecule has 0 saturated carbocycles. The molecule has 1 rings (SSSR count). The minimum absolute atomic E-state index is 0.0000116. The van der Waals surface area contributed by atoms with Gasteiger partial charge in [0.1, 0.15) is 0 Å². The van der Waals surface area contributed by atoms with Gasteiger partial charge in [0.2, 0.25) is 0 Å². The lowest BCUT2D eigenvalue weighted by atomic mass is 10.1. The predicted molar refractivity (Wildman–Crippen MR) is 71.1 cm³/mol. The first-order valence-corrected chi connectivity index (χ1v) is 6.15. The van der Waals surface area contributed by atoms with Gasteiger partial charge in [0.25, 0.3) is 5.91 Å². The topological polar surface area (TPSA) is 47.6 Å². The Hall–Kier alpha value is -1.71. The lowest BCUT2D eigenvalue weighted by Crippen LogP contribution is -2.34. The Morgan fingerprint density at radius 3 is 2.61 bits per heavy atom.